The van der Waals surface area contributed by atoms with Crippen molar-refractivity contribution in [2.24, 2.45) is 52.3 Å². The second-order valence-corrected chi connectivity index (χ2v) is 15.5. The highest BCUT2D eigenvalue weighted by Gasteiger charge is 2.59. The first-order chi connectivity index (χ1) is 17.5. The van der Waals surface area contributed by atoms with Gasteiger partial charge in [0.15, 0.2) is 0 Å². The van der Waals surface area contributed by atoms with Crippen LogP contribution in [0.2, 0.25) is 0 Å². The fourth-order valence-corrected chi connectivity index (χ4v) is 10.2. The van der Waals surface area contributed by atoms with Crippen LogP contribution in [0.3, 0.4) is 0 Å². The minimum absolute atomic E-state index is 0.0548. The summed E-state index contributed by atoms with van der Waals surface area (Å²) in [4.78, 5) is 12.9. The summed E-state index contributed by atoms with van der Waals surface area (Å²) < 4.78 is 9.26. The minimum Gasteiger partial charge on any atom is -0.461 e. The molecule has 4 aliphatic rings. The molecule has 3 fully saturated rings. The van der Waals surface area contributed by atoms with E-state index in [4.69, 9.17) is 4.74 Å². The van der Waals surface area contributed by atoms with Crippen molar-refractivity contribution >= 4 is 28.8 Å². The van der Waals surface area contributed by atoms with Crippen LogP contribution >= 0.6 is 22.9 Å². The molecule has 0 aliphatic heterocycles. The van der Waals surface area contributed by atoms with E-state index < -0.39 is 0 Å². The van der Waals surface area contributed by atoms with Gasteiger partial charge in [-0.25, -0.2) is 3.53 Å². The van der Waals surface area contributed by atoms with Crippen LogP contribution in [0.5, 0.6) is 0 Å². The number of halogens is 1. The Bertz CT molecular complexity index is 823. The molecule has 0 spiro atoms. The lowest BCUT2D eigenvalue weighted by atomic mass is 9.47. The molecule has 1 unspecified atom stereocenters. The second-order valence-electron chi connectivity index (χ2n) is 14.9. The number of hydrogen-bond donors (Lipinski definition) is 1. The first-order valence-corrected chi connectivity index (χ1v) is 16.8. The number of ether oxygens (including phenoxy) is 1. The highest BCUT2D eigenvalue weighted by atomic mass is 127. The van der Waals surface area contributed by atoms with E-state index in [1.165, 1.54) is 57.8 Å². The Morgan fingerprint density at radius 3 is 2.46 bits per heavy atom. The van der Waals surface area contributed by atoms with Crippen LogP contribution in [0, 0.1) is 52.3 Å². The minimum atomic E-state index is -0.197. The molecule has 0 bridgehead atoms. The summed E-state index contributed by atoms with van der Waals surface area (Å²) >= 11 is 2.11. The molecule has 212 valence electrons. The van der Waals surface area contributed by atoms with Crippen LogP contribution in [-0.2, 0) is 9.53 Å². The maximum absolute atomic E-state index is 12.9. The van der Waals surface area contributed by atoms with Gasteiger partial charge in [-0.1, -0.05) is 79.4 Å². The van der Waals surface area contributed by atoms with E-state index in [0.717, 1.165) is 54.8 Å². The van der Waals surface area contributed by atoms with E-state index in [9.17, 15) is 4.79 Å². The number of fused-ring (bicyclic) bond motifs is 5. The zero-order chi connectivity index (χ0) is 27.0. The molecule has 4 aliphatic carbocycles. The van der Waals surface area contributed by atoms with Gasteiger partial charge in [0, 0.05) is 29.3 Å². The first-order valence-electron chi connectivity index (χ1n) is 15.8. The van der Waals surface area contributed by atoms with Crippen LogP contribution in [-0.4, -0.2) is 18.1 Å². The normalized spacial score (nSPS) is 39.0. The standard InChI is InChI=1S/C33H56INO2/c1-21(2)9-8-10-23(5)27-13-14-28-26-12-11-24-20-25(37-31(36)30(35-34)19-22(3)4)15-17-32(24,6)29(26)16-18-33(27,28)7/h11,21-23,25-30,35H,8-10,12-20H2,1-7H3/t23-,25+,26+,27-,28+,29+,30?,32+,33-/m1/s1. The number of esters is 1. The van der Waals surface area contributed by atoms with Gasteiger partial charge in [-0.3, -0.25) is 4.79 Å². The number of allylic oxidation sites excluding steroid dienone is 1. The van der Waals surface area contributed by atoms with Crippen molar-refractivity contribution in [3.8, 4) is 0 Å². The summed E-state index contributed by atoms with van der Waals surface area (Å²) in [6.45, 7) is 16.9. The van der Waals surface area contributed by atoms with Gasteiger partial charge in [0.05, 0.1) is 0 Å². The molecule has 4 heteroatoms. The predicted molar refractivity (Wildman–Crippen MR) is 163 cm³/mol. The fourth-order valence-electron chi connectivity index (χ4n) is 9.66. The Morgan fingerprint density at radius 1 is 1.03 bits per heavy atom. The van der Waals surface area contributed by atoms with Crippen LogP contribution in [0.4, 0.5) is 0 Å². The lowest BCUT2D eigenvalue weighted by molar-refractivity contribution is -0.153. The number of nitrogens with one attached hydrogen (secondary N) is 1. The third kappa shape index (κ3) is 6.15. The van der Waals surface area contributed by atoms with Gasteiger partial charge < -0.3 is 4.74 Å². The summed E-state index contributed by atoms with van der Waals surface area (Å²) in [5, 5.41) is 0. The van der Waals surface area contributed by atoms with Crippen molar-refractivity contribution in [2.75, 3.05) is 0 Å². The monoisotopic (exact) mass is 625 g/mol. The van der Waals surface area contributed by atoms with Gasteiger partial charge in [0.25, 0.3) is 0 Å². The molecule has 0 saturated heterocycles. The molecule has 1 N–H and O–H groups in total. The van der Waals surface area contributed by atoms with E-state index in [0.29, 0.717) is 16.7 Å². The predicted octanol–water partition coefficient (Wildman–Crippen LogP) is 9.29. The zero-order valence-corrected chi connectivity index (χ0v) is 27.1. The largest absolute Gasteiger partial charge is 0.461 e. The molecule has 4 rings (SSSR count). The third-order valence-corrected chi connectivity index (χ3v) is 12.4. The van der Waals surface area contributed by atoms with Crippen molar-refractivity contribution in [2.45, 2.75) is 138 Å². The molecule has 0 aromatic carbocycles. The number of rotatable bonds is 10. The van der Waals surface area contributed by atoms with Crippen molar-refractivity contribution in [3.63, 3.8) is 0 Å². The van der Waals surface area contributed by atoms with E-state index in [1.54, 1.807) is 5.57 Å². The van der Waals surface area contributed by atoms with E-state index in [-0.39, 0.29) is 18.1 Å². The molecule has 0 heterocycles. The van der Waals surface area contributed by atoms with Gasteiger partial charge in [-0.15, -0.1) is 0 Å². The summed E-state index contributed by atoms with van der Waals surface area (Å²) in [6.07, 6.45) is 17.9. The molecule has 3 nitrogen and oxygen atoms in total. The summed E-state index contributed by atoms with van der Waals surface area (Å²) in [7, 11) is 0. The summed E-state index contributed by atoms with van der Waals surface area (Å²) in [6, 6.07) is -0.197. The Hall–Kier alpha value is -0.100. The average molecular weight is 626 g/mol. The van der Waals surface area contributed by atoms with Crippen molar-refractivity contribution < 1.29 is 9.53 Å². The molecule has 0 aromatic rings. The summed E-state index contributed by atoms with van der Waals surface area (Å²) in [5.74, 6) is 5.63. The zero-order valence-electron chi connectivity index (χ0n) is 25.0. The third-order valence-electron chi connectivity index (χ3n) is 11.7. The van der Waals surface area contributed by atoms with Crippen molar-refractivity contribution in [3.05, 3.63) is 11.6 Å². The van der Waals surface area contributed by atoms with Crippen LogP contribution in [0.15, 0.2) is 11.6 Å². The number of carbonyl (C=O) groups is 1. The topological polar surface area (TPSA) is 38.3 Å². The fraction of sp³-hybridized carbons (Fsp3) is 0.909. The molecular weight excluding hydrogens is 569 g/mol. The van der Waals surface area contributed by atoms with Gasteiger partial charge >= 0.3 is 5.97 Å². The number of carbonyl (C=O) groups excluding carboxylic acids is 1. The van der Waals surface area contributed by atoms with Crippen LogP contribution < -0.4 is 3.53 Å². The second kappa shape index (κ2) is 12.2. The van der Waals surface area contributed by atoms with Gasteiger partial charge in [-0.05, 0) is 104 Å². The lowest BCUT2D eigenvalue weighted by Crippen LogP contribution is -2.51. The van der Waals surface area contributed by atoms with Crippen molar-refractivity contribution in [1.82, 2.24) is 3.53 Å². The number of hydrogen-bond acceptors (Lipinski definition) is 3. The Labute approximate surface area is 242 Å². The quantitative estimate of drug-likeness (QED) is 0.114. The maximum atomic E-state index is 12.9. The average Bonchev–Trinajstić information content (AvgIpc) is 3.19. The van der Waals surface area contributed by atoms with Gasteiger partial charge in [0.1, 0.15) is 12.1 Å². The molecule has 0 aromatic heterocycles. The smallest absolute Gasteiger partial charge is 0.324 e. The highest BCUT2D eigenvalue weighted by Crippen LogP contribution is 2.67. The maximum Gasteiger partial charge on any atom is 0.324 e. The van der Waals surface area contributed by atoms with Gasteiger partial charge in [-0.2, -0.15) is 0 Å². The van der Waals surface area contributed by atoms with E-state index in [2.05, 4.69) is 80.9 Å². The lowest BCUT2D eigenvalue weighted by Gasteiger charge is -2.58. The summed E-state index contributed by atoms with van der Waals surface area (Å²) in [5.41, 5.74) is 2.47. The molecule has 0 amide bonds. The molecule has 3 saturated carbocycles. The Kier molecular flexibility index (Phi) is 9.84. The van der Waals surface area contributed by atoms with E-state index >= 15 is 0 Å². The van der Waals surface area contributed by atoms with Crippen molar-refractivity contribution in [1.29, 1.82) is 0 Å². The molecule has 37 heavy (non-hydrogen) atoms. The van der Waals surface area contributed by atoms with E-state index in [1.807, 2.05) is 0 Å². The Balaban J connectivity index is 1.41. The molecular formula is C33H56INO2. The molecule has 0 radical (unpaired) electrons. The highest BCUT2D eigenvalue weighted by molar-refractivity contribution is 14.1. The first kappa shape index (κ1) is 29.9. The van der Waals surface area contributed by atoms with Crippen LogP contribution in [0.1, 0.15) is 126 Å². The van der Waals surface area contributed by atoms with Gasteiger partial charge in [0.2, 0.25) is 0 Å². The van der Waals surface area contributed by atoms with Crippen LogP contribution in [0.25, 0.3) is 0 Å². The molecule has 9 atom stereocenters. The Morgan fingerprint density at radius 2 is 1.78 bits per heavy atom. The SMILES string of the molecule is CC(C)CCC[C@@H](C)[C@H]1CC[C@H]2[C@@H]3CC=C4C[C@@H](OC(=O)C(CC(C)C)NI)CC[C@]4(C)[C@H]3CC[C@]12C.